The first-order chi connectivity index (χ1) is 8.56. The minimum atomic E-state index is -0.255. The second-order valence-electron chi connectivity index (χ2n) is 4.08. The molecule has 5 nitrogen and oxygen atoms in total. The van der Waals surface area contributed by atoms with Crippen LogP contribution in [0.1, 0.15) is 25.3 Å². The average molecular weight is 249 g/mol. The van der Waals surface area contributed by atoms with Gasteiger partial charge in [-0.1, -0.05) is 13.0 Å². The largest absolute Gasteiger partial charge is 0.326 e. The molecular formula is C13H19N3O2. The molecule has 0 saturated heterocycles. The molecule has 5 heteroatoms. The monoisotopic (exact) mass is 249 g/mol. The Morgan fingerprint density at radius 1 is 1.22 bits per heavy atom. The van der Waals surface area contributed by atoms with Gasteiger partial charge in [0.25, 0.3) is 0 Å². The Morgan fingerprint density at radius 2 is 1.94 bits per heavy atom. The van der Waals surface area contributed by atoms with Crippen molar-refractivity contribution in [1.29, 1.82) is 0 Å². The molecule has 0 aliphatic heterocycles. The van der Waals surface area contributed by atoms with Crippen LogP contribution in [0.2, 0.25) is 0 Å². The predicted octanol–water partition coefficient (Wildman–Crippen LogP) is 1.63. The summed E-state index contributed by atoms with van der Waals surface area (Å²) in [6, 6.07) is 5.38. The summed E-state index contributed by atoms with van der Waals surface area (Å²) < 4.78 is 0. The van der Waals surface area contributed by atoms with E-state index < -0.39 is 0 Å². The number of benzene rings is 1. The predicted molar refractivity (Wildman–Crippen MR) is 72.4 cm³/mol. The van der Waals surface area contributed by atoms with Crippen LogP contribution in [0.3, 0.4) is 0 Å². The molecule has 0 aliphatic rings. The molecule has 1 aromatic carbocycles. The highest BCUT2D eigenvalue weighted by molar-refractivity contribution is 5.95. The molecule has 0 saturated carbocycles. The van der Waals surface area contributed by atoms with Crippen LogP contribution >= 0.6 is 0 Å². The Hall–Kier alpha value is -1.88. The van der Waals surface area contributed by atoms with Gasteiger partial charge in [-0.3, -0.25) is 9.59 Å². The van der Waals surface area contributed by atoms with E-state index in [0.29, 0.717) is 17.8 Å². The molecule has 0 radical (unpaired) electrons. The standard InChI is InChI=1S/C13H19N3O2/c1-3-4-12(17)15-10-6-5-9(2)11(7-10)16-13(18)8-14/h5-7H,3-4,8,14H2,1-2H3,(H,15,17)(H,16,18). The smallest absolute Gasteiger partial charge is 0.238 e. The van der Waals surface area contributed by atoms with Crippen molar-refractivity contribution in [3.05, 3.63) is 23.8 Å². The maximum Gasteiger partial charge on any atom is 0.238 e. The highest BCUT2D eigenvalue weighted by Crippen LogP contribution is 2.20. The van der Waals surface area contributed by atoms with Crippen molar-refractivity contribution < 1.29 is 9.59 Å². The van der Waals surface area contributed by atoms with Gasteiger partial charge < -0.3 is 16.4 Å². The van der Waals surface area contributed by atoms with Gasteiger partial charge in [0.2, 0.25) is 11.8 Å². The van der Waals surface area contributed by atoms with E-state index in [-0.39, 0.29) is 18.4 Å². The summed E-state index contributed by atoms with van der Waals surface area (Å²) in [4.78, 5) is 22.7. The molecule has 0 atom stereocenters. The first kappa shape index (κ1) is 14.2. The van der Waals surface area contributed by atoms with E-state index in [1.807, 2.05) is 19.9 Å². The fourth-order valence-electron chi connectivity index (χ4n) is 1.49. The molecule has 0 unspecified atom stereocenters. The number of hydrogen-bond acceptors (Lipinski definition) is 3. The lowest BCUT2D eigenvalue weighted by Gasteiger charge is -2.10. The normalized spacial score (nSPS) is 9.94. The van der Waals surface area contributed by atoms with Crippen molar-refractivity contribution in [2.45, 2.75) is 26.7 Å². The van der Waals surface area contributed by atoms with Gasteiger partial charge in [-0.25, -0.2) is 0 Å². The van der Waals surface area contributed by atoms with Crippen LogP contribution in [-0.2, 0) is 9.59 Å². The Kier molecular flexibility index (Phi) is 5.32. The molecule has 0 bridgehead atoms. The lowest BCUT2D eigenvalue weighted by molar-refractivity contribution is -0.116. The molecule has 0 fully saturated rings. The number of aryl methyl sites for hydroxylation is 1. The van der Waals surface area contributed by atoms with E-state index in [4.69, 9.17) is 5.73 Å². The first-order valence-electron chi connectivity index (χ1n) is 5.97. The second kappa shape index (κ2) is 6.76. The maximum atomic E-state index is 11.5. The first-order valence-corrected chi connectivity index (χ1v) is 5.97. The lowest BCUT2D eigenvalue weighted by Crippen LogP contribution is -2.22. The SMILES string of the molecule is CCCC(=O)Nc1ccc(C)c(NC(=O)CN)c1. The lowest BCUT2D eigenvalue weighted by atomic mass is 10.1. The maximum absolute atomic E-state index is 11.5. The van der Waals surface area contributed by atoms with Gasteiger partial charge in [0.15, 0.2) is 0 Å². The van der Waals surface area contributed by atoms with Crippen LogP contribution in [0.15, 0.2) is 18.2 Å². The molecule has 0 heterocycles. The molecule has 1 aromatic rings. The third kappa shape index (κ3) is 4.18. The zero-order chi connectivity index (χ0) is 13.5. The van der Waals surface area contributed by atoms with E-state index in [9.17, 15) is 9.59 Å². The van der Waals surface area contributed by atoms with Crippen LogP contribution in [0.25, 0.3) is 0 Å². The highest BCUT2D eigenvalue weighted by Gasteiger charge is 2.06. The van der Waals surface area contributed by atoms with Crippen LogP contribution in [-0.4, -0.2) is 18.4 Å². The molecule has 0 spiro atoms. The Balaban J connectivity index is 2.80. The van der Waals surface area contributed by atoms with Crippen molar-refractivity contribution in [3.63, 3.8) is 0 Å². The quantitative estimate of drug-likeness (QED) is 0.741. The molecule has 4 N–H and O–H groups in total. The van der Waals surface area contributed by atoms with Gasteiger partial charge in [0.05, 0.1) is 6.54 Å². The van der Waals surface area contributed by atoms with Crippen molar-refractivity contribution in [2.24, 2.45) is 5.73 Å². The molecule has 0 aromatic heterocycles. The van der Waals surface area contributed by atoms with E-state index in [1.165, 1.54) is 0 Å². The number of nitrogens with two attached hydrogens (primary N) is 1. The summed E-state index contributed by atoms with van der Waals surface area (Å²) in [7, 11) is 0. The number of anilines is 2. The molecule has 98 valence electrons. The summed E-state index contributed by atoms with van der Waals surface area (Å²) in [6.07, 6.45) is 1.28. The van der Waals surface area contributed by atoms with E-state index >= 15 is 0 Å². The van der Waals surface area contributed by atoms with Crippen molar-refractivity contribution in [2.75, 3.05) is 17.2 Å². The average Bonchev–Trinajstić information content (AvgIpc) is 2.33. The van der Waals surface area contributed by atoms with Crippen LogP contribution in [0.4, 0.5) is 11.4 Å². The van der Waals surface area contributed by atoms with Crippen LogP contribution in [0.5, 0.6) is 0 Å². The van der Waals surface area contributed by atoms with Crippen molar-refractivity contribution >= 4 is 23.2 Å². The zero-order valence-electron chi connectivity index (χ0n) is 10.7. The Bertz CT molecular complexity index is 444. The number of amides is 2. The molecule has 2 amide bonds. The number of nitrogens with one attached hydrogen (secondary N) is 2. The van der Waals surface area contributed by atoms with Gasteiger partial charge in [-0.2, -0.15) is 0 Å². The molecule has 18 heavy (non-hydrogen) atoms. The van der Waals surface area contributed by atoms with Crippen LogP contribution < -0.4 is 16.4 Å². The zero-order valence-corrected chi connectivity index (χ0v) is 10.7. The summed E-state index contributed by atoms with van der Waals surface area (Å²) in [5, 5.41) is 5.47. The Morgan fingerprint density at radius 3 is 2.56 bits per heavy atom. The summed E-state index contributed by atoms with van der Waals surface area (Å²) in [5.74, 6) is -0.285. The third-order valence-corrected chi connectivity index (χ3v) is 2.46. The fraction of sp³-hybridized carbons (Fsp3) is 0.385. The van der Waals surface area contributed by atoms with E-state index in [1.54, 1.807) is 12.1 Å². The number of rotatable bonds is 5. The van der Waals surface area contributed by atoms with Crippen LogP contribution in [0, 0.1) is 6.92 Å². The second-order valence-corrected chi connectivity index (χ2v) is 4.08. The topological polar surface area (TPSA) is 84.2 Å². The number of carbonyl (C=O) groups excluding carboxylic acids is 2. The molecule has 1 rings (SSSR count). The van der Waals surface area contributed by atoms with Gasteiger partial charge in [0.1, 0.15) is 0 Å². The summed E-state index contributed by atoms with van der Waals surface area (Å²) in [5.41, 5.74) is 7.51. The number of carbonyl (C=O) groups is 2. The van der Waals surface area contributed by atoms with Gasteiger partial charge in [-0.15, -0.1) is 0 Å². The minimum absolute atomic E-state index is 0.0301. The van der Waals surface area contributed by atoms with E-state index in [2.05, 4.69) is 10.6 Å². The summed E-state index contributed by atoms with van der Waals surface area (Å²) in [6.45, 7) is 3.76. The fourth-order valence-corrected chi connectivity index (χ4v) is 1.49. The van der Waals surface area contributed by atoms with Gasteiger partial charge >= 0.3 is 0 Å². The number of hydrogen-bond donors (Lipinski definition) is 3. The third-order valence-electron chi connectivity index (χ3n) is 2.46. The van der Waals surface area contributed by atoms with Gasteiger partial charge in [-0.05, 0) is 31.0 Å². The van der Waals surface area contributed by atoms with Gasteiger partial charge in [0, 0.05) is 17.8 Å². The minimum Gasteiger partial charge on any atom is -0.326 e. The van der Waals surface area contributed by atoms with Crippen molar-refractivity contribution in [3.8, 4) is 0 Å². The Labute approximate surface area is 107 Å². The summed E-state index contributed by atoms with van der Waals surface area (Å²) >= 11 is 0. The molecule has 0 aliphatic carbocycles. The van der Waals surface area contributed by atoms with Crippen molar-refractivity contribution in [1.82, 2.24) is 0 Å². The molecular weight excluding hydrogens is 230 g/mol. The van der Waals surface area contributed by atoms with E-state index in [0.717, 1.165) is 12.0 Å². The highest BCUT2D eigenvalue weighted by atomic mass is 16.2.